The summed E-state index contributed by atoms with van der Waals surface area (Å²) in [6.45, 7) is 6.98. The van der Waals surface area contributed by atoms with E-state index in [-0.39, 0.29) is 0 Å². The van der Waals surface area contributed by atoms with Crippen molar-refractivity contribution < 1.29 is 4.74 Å². The van der Waals surface area contributed by atoms with Gasteiger partial charge in [-0.3, -0.25) is 9.58 Å². The Hall–Kier alpha value is -0.910. The second-order valence-corrected chi connectivity index (χ2v) is 5.60. The van der Waals surface area contributed by atoms with Crippen LogP contribution in [0.15, 0.2) is 12.3 Å². The van der Waals surface area contributed by atoms with Gasteiger partial charge in [-0.15, -0.1) is 0 Å². The maximum absolute atomic E-state index is 5.92. The van der Waals surface area contributed by atoms with Gasteiger partial charge in [0.15, 0.2) is 0 Å². The Morgan fingerprint density at radius 1 is 1.53 bits per heavy atom. The van der Waals surface area contributed by atoms with Crippen LogP contribution in [0.1, 0.15) is 38.4 Å². The third kappa shape index (κ3) is 3.35. The van der Waals surface area contributed by atoms with Gasteiger partial charge in [-0.1, -0.05) is 0 Å². The summed E-state index contributed by atoms with van der Waals surface area (Å²) in [5.41, 5.74) is 7.19. The summed E-state index contributed by atoms with van der Waals surface area (Å²) < 4.78 is 7.56. The molecule has 5 nitrogen and oxygen atoms in total. The monoisotopic (exact) mass is 266 g/mol. The summed E-state index contributed by atoms with van der Waals surface area (Å²) in [7, 11) is 1.79. The molecule has 2 heterocycles. The quantitative estimate of drug-likeness (QED) is 0.875. The molecule has 5 heteroatoms. The molecule has 19 heavy (non-hydrogen) atoms. The fourth-order valence-corrected chi connectivity index (χ4v) is 2.87. The van der Waals surface area contributed by atoms with Gasteiger partial charge in [0.05, 0.1) is 11.8 Å². The molecule has 0 spiro atoms. The molecule has 0 aromatic carbocycles. The van der Waals surface area contributed by atoms with Crippen molar-refractivity contribution in [2.75, 3.05) is 20.2 Å². The molecular weight excluding hydrogens is 240 g/mol. The van der Waals surface area contributed by atoms with Gasteiger partial charge in [-0.2, -0.15) is 5.10 Å². The topological polar surface area (TPSA) is 56.3 Å². The SMILES string of the molecule is COC1CCN(Cc2ccnn2C(C)C)C(CN)C1. The van der Waals surface area contributed by atoms with E-state index in [0.717, 1.165) is 25.9 Å². The number of nitrogens with two attached hydrogens (primary N) is 1. The first kappa shape index (κ1) is 14.5. The second-order valence-electron chi connectivity index (χ2n) is 5.60. The zero-order valence-electron chi connectivity index (χ0n) is 12.2. The lowest BCUT2D eigenvalue weighted by Crippen LogP contribution is -2.48. The largest absolute Gasteiger partial charge is 0.381 e. The molecule has 2 atom stereocenters. The van der Waals surface area contributed by atoms with E-state index in [1.54, 1.807) is 7.11 Å². The molecule has 1 aliphatic heterocycles. The van der Waals surface area contributed by atoms with Gasteiger partial charge in [-0.25, -0.2) is 0 Å². The first-order valence-electron chi connectivity index (χ1n) is 7.15. The maximum Gasteiger partial charge on any atom is 0.0599 e. The van der Waals surface area contributed by atoms with Gasteiger partial charge < -0.3 is 10.5 Å². The van der Waals surface area contributed by atoms with Crippen LogP contribution >= 0.6 is 0 Å². The third-order valence-corrected chi connectivity index (χ3v) is 4.00. The Morgan fingerprint density at radius 3 is 2.95 bits per heavy atom. The minimum absolute atomic E-state index is 0.361. The van der Waals surface area contributed by atoms with Gasteiger partial charge in [0.25, 0.3) is 0 Å². The smallest absolute Gasteiger partial charge is 0.0599 e. The Bertz CT molecular complexity index is 391. The van der Waals surface area contributed by atoms with Crippen LogP contribution in [0.2, 0.25) is 0 Å². The van der Waals surface area contributed by atoms with E-state index >= 15 is 0 Å². The number of likely N-dealkylation sites (tertiary alicyclic amines) is 1. The standard InChI is InChI=1S/C14H26N4O/c1-11(2)18-12(4-6-16-18)10-17-7-5-14(19-3)8-13(17)9-15/h4,6,11,13-14H,5,7-10,15H2,1-3H3. The van der Waals surface area contributed by atoms with Crippen molar-refractivity contribution in [3.8, 4) is 0 Å². The van der Waals surface area contributed by atoms with Gasteiger partial charge in [0, 0.05) is 45.0 Å². The molecule has 1 fully saturated rings. The summed E-state index contributed by atoms with van der Waals surface area (Å²) in [6, 6.07) is 2.92. The summed E-state index contributed by atoms with van der Waals surface area (Å²) in [4.78, 5) is 2.46. The van der Waals surface area contributed by atoms with Crippen molar-refractivity contribution in [1.29, 1.82) is 0 Å². The highest BCUT2D eigenvalue weighted by Crippen LogP contribution is 2.22. The maximum atomic E-state index is 5.92. The van der Waals surface area contributed by atoms with E-state index in [9.17, 15) is 0 Å². The minimum atomic E-state index is 0.361. The zero-order chi connectivity index (χ0) is 13.8. The van der Waals surface area contributed by atoms with Gasteiger partial charge >= 0.3 is 0 Å². The van der Waals surface area contributed by atoms with Gasteiger partial charge in [-0.05, 0) is 32.8 Å². The van der Waals surface area contributed by atoms with Crippen LogP contribution in [-0.4, -0.2) is 47.0 Å². The summed E-state index contributed by atoms with van der Waals surface area (Å²) in [6.07, 6.45) is 4.36. The first-order chi connectivity index (χ1) is 9.15. The number of piperidine rings is 1. The number of hydrogen-bond acceptors (Lipinski definition) is 4. The van der Waals surface area contributed by atoms with E-state index in [2.05, 4.69) is 34.6 Å². The highest BCUT2D eigenvalue weighted by atomic mass is 16.5. The molecule has 0 radical (unpaired) electrons. The molecule has 0 amide bonds. The lowest BCUT2D eigenvalue weighted by Gasteiger charge is -2.38. The second kappa shape index (κ2) is 6.50. The lowest BCUT2D eigenvalue weighted by molar-refractivity contribution is 0.00920. The van der Waals surface area contributed by atoms with Crippen molar-refractivity contribution >= 4 is 0 Å². The molecule has 1 saturated heterocycles. The van der Waals surface area contributed by atoms with Crippen LogP contribution in [0.5, 0.6) is 0 Å². The minimum Gasteiger partial charge on any atom is -0.381 e. The van der Waals surface area contributed by atoms with E-state index in [1.807, 2.05) is 6.20 Å². The summed E-state index contributed by atoms with van der Waals surface area (Å²) in [5.74, 6) is 0. The Morgan fingerprint density at radius 2 is 2.32 bits per heavy atom. The number of rotatable bonds is 5. The number of ether oxygens (including phenoxy) is 1. The summed E-state index contributed by atoms with van der Waals surface area (Å²) in [5, 5.41) is 4.40. The number of nitrogens with zero attached hydrogens (tertiary/aromatic N) is 3. The van der Waals surface area contributed by atoms with E-state index < -0.39 is 0 Å². The zero-order valence-corrected chi connectivity index (χ0v) is 12.2. The number of hydrogen-bond donors (Lipinski definition) is 1. The van der Waals surface area contributed by atoms with Crippen LogP contribution in [0.25, 0.3) is 0 Å². The lowest BCUT2D eigenvalue weighted by atomic mass is 9.99. The number of aromatic nitrogens is 2. The van der Waals surface area contributed by atoms with Crippen molar-refractivity contribution in [1.82, 2.24) is 14.7 Å². The fourth-order valence-electron chi connectivity index (χ4n) is 2.87. The molecular formula is C14H26N4O. The van der Waals surface area contributed by atoms with Gasteiger partial charge in [0.1, 0.15) is 0 Å². The molecule has 2 unspecified atom stereocenters. The van der Waals surface area contributed by atoms with E-state index in [1.165, 1.54) is 5.69 Å². The van der Waals surface area contributed by atoms with Crippen molar-refractivity contribution in [2.45, 2.75) is 51.4 Å². The Balaban J connectivity index is 2.03. The predicted octanol–water partition coefficient (Wildman–Crippen LogP) is 1.40. The van der Waals surface area contributed by atoms with E-state index in [0.29, 0.717) is 24.7 Å². The molecule has 1 aromatic rings. The predicted molar refractivity (Wildman–Crippen MR) is 75.9 cm³/mol. The molecule has 108 valence electrons. The third-order valence-electron chi connectivity index (χ3n) is 4.00. The Labute approximate surface area is 115 Å². The molecule has 2 rings (SSSR count). The van der Waals surface area contributed by atoms with Crippen molar-refractivity contribution in [3.63, 3.8) is 0 Å². The molecule has 2 N–H and O–H groups in total. The van der Waals surface area contributed by atoms with Crippen molar-refractivity contribution in [3.05, 3.63) is 18.0 Å². The normalized spacial score (nSPS) is 25.1. The van der Waals surface area contributed by atoms with Gasteiger partial charge in [0.2, 0.25) is 0 Å². The van der Waals surface area contributed by atoms with Crippen LogP contribution in [0.3, 0.4) is 0 Å². The molecule has 1 aromatic heterocycles. The molecule has 0 saturated carbocycles. The average molecular weight is 266 g/mol. The molecule has 1 aliphatic rings. The average Bonchev–Trinajstić information content (AvgIpc) is 2.87. The van der Waals surface area contributed by atoms with Crippen LogP contribution < -0.4 is 5.73 Å². The molecule has 0 bridgehead atoms. The Kier molecular flexibility index (Phi) is 4.96. The molecule has 0 aliphatic carbocycles. The van der Waals surface area contributed by atoms with Crippen LogP contribution in [0.4, 0.5) is 0 Å². The number of methoxy groups -OCH3 is 1. The van der Waals surface area contributed by atoms with Crippen LogP contribution in [-0.2, 0) is 11.3 Å². The van der Waals surface area contributed by atoms with Crippen molar-refractivity contribution in [2.24, 2.45) is 5.73 Å². The first-order valence-corrected chi connectivity index (χ1v) is 7.15. The highest BCUT2D eigenvalue weighted by Gasteiger charge is 2.28. The fraction of sp³-hybridized carbons (Fsp3) is 0.786. The van der Waals surface area contributed by atoms with E-state index in [4.69, 9.17) is 10.5 Å². The summed E-state index contributed by atoms with van der Waals surface area (Å²) >= 11 is 0. The van der Waals surface area contributed by atoms with Crippen LogP contribution in [0, 0.1) is 0 Å². The highest BCUT2D eigenvalue weighted by molar-refractivity contribution is 5.02.